The summed E-state index contributed by atoms with van der Waals surface area (Å²) < 4.78 is 17.2. The molecule has 1 atom stereocenters. The second-order valence-corrected chi connectivity index (χ2v) is 8.37. The lowest BCUT2D eigenvalue weighted by atomic mass is 9.98. The van der Waals surface area contributed by atoms with Gasteiger partial charge >= 0.3 is 6.09 Å². The predicted octanol–water partition coefficient (Wildman–Crippen LogP) is 3.40. The lowest BCUT2D eigenvalue weighted by Crippen LogP contribution is -2.44. The number of nitrogens with one attached hydrogen (secondary N) is 1. The number of benzene rings is 1. The number of carboxylic acid groups (broad SMARTS) is 1. The minimum Gasteiger partial charge on any atom is -0.496 e. The smallest absolute Gasteiger partial charge is 0.407 e. The Kier molecular flexibility index (Phi) is 7.38. The Morgan fingerprint density at radius 1 is 1.34 bits per heavy atom. The first-order valence-corrected chi connectivity index (χ1v) is 10.6. The normalized spacial score (nSPS) is 22.0. The van der Waals surface area contributed by atoms with Gasteiger partial charge in [-0.3, -0.25) is 0 Å². The van der Waals surface area contributed by atoms with Crippen LogP contribution in [0.15, 0.2) is 18.2 Å². The van der Waals surface area contributed by atoms with E-state index in [0.717, 1.165) is 44.4 Å². The number of piperidine rings is 1. The third kappa shape index (κ3) is 6.07. The molecule has 0 saturated carbocycles. The van der Waals surface area contributed by atoms with Gasteiger partial charge in [0, 0.05) is 25.7 Å². The molecule has 0 spiro atoms. The van der Waals surface area contributed by atoms with Crippen LogP contribution in [-0.4, -0.2) is 60.8 Å². The minimum absolute atomic E-state index is 0.153. The summed E-state index contributed by atoms with van der Waals surface area (Å²) in [5.74, 6) is 0.453. The number of hydrogen-bond acceptors (Lipinski definition) is 5. The Morgan fingerprint density at radius 2 is 2.10 bits per heavy atom. The lowest BCUT2D eigenvalue weighted by molar-refractivity contribution is -0.139. The molecule has 3 rings (SSSR count). The predicted molar refractivity (Wildman–Crippen MR) is 110 cm³/mol. The van der Waals surface area contributed by atoms with Crippen molar-refractivity contribution in [2.75, 3.05) is 26.8 Å². The van der Waals surface area contributed by atoms with Gasteiger partial charge in [-0.1, -0.05) is 12.1 Å². The molecule has 0 bridgehead atoms. The number of hydrogen-bond donors (Lipinski definition) is 2. The van der Waals surface area contributed by atoms with Crippen LogP contribution >= 0.6 is 0 Å². The highest BCUT2D eigenvalue weighted by Crippen LogP contribution is 2.28. The van der Waals surface area contributed by atoms with Crippen molar-refractivity contribution in [3.8, 4) is 5.75 Å². The number of amides is 1. The molecule has 2 N–H and O–H groups in total. The maximum absolute atomic E-state index is 11.1. The Bertz CT molecular complexity index is 686. The minimum atomic E-state index is -0.821. The molecule has 2 fully saturated rings. The summed E-state index contributed by atoms with van der Waals surface area (Å²) in [4.78, 5) is 12.6. The highest BCUT2D eigenvalue weighted by Gasteiger charge is 2.32. The SMILES string of the molecule is COc1cccc(CNC2CCN(C(=O)O)CC2)c1CCCC1COC(C)(C)O1. The summed E-state index contributed by atoms with van der Waals surface area (Å²) in [6.07, 6.45) is 3.93. The second kappa shape index (κ2) is 9.78. The Morgan fingerprint density at radius 3 is 2.72 bits per heavy atom. The van der Waals surface area contributed by atoms with Gasteiger partial charge in [0.15, 0.2) is 5.79 Å². The molecule has 0 aromatic heterocycles. The molecule has 7 heteroatoms. The fourth-order valence-corrected chi connectivity index (χ4v) is 4.19. The monoisotopic (exact) mass is 406 g/mol. The molecule has 1 aromatic carbocycles. The molecule has 1 unspecified atom stereocenters. The first-order valence-electron chi connectivity index (χ1n) is 10.6. The van der Waals surface area contributed by atoms with E-state index in [9.17, 15) is 4.79 Å². The maximum atomic E-state index is 11.1. The van der Waals surface area contributed by atoms with Crippen LogP contribution in [-0.2, 0) is 22.4 Å². The molecule has 2 aliphatic rings. The maximum Gasteiger partial charge on any atom is 0.407 e. The van der Waals surface area contributed by atoms with Crippen molar-refractivity contribution < 1.29 is 24.1 Å². The summed E-state index contributed by atoms with van der Waals surface area (Å²) in [7, 11) is 1.72. The molecule has 162 valence electrons. The van der Waals surface area contributed by atoms with E-state index in [0.29, 0.717) is 25.7 Å². The van der Waals surface area contributed by atoms with E-state index < -0.39 is 11.9 Å². The summed E-state index contributed by atoms with van der Waals surface area (Å²) in [5, 5.41) is 12.7. The molecule has 0 radical (unpaired) electrons. The van der Waals surface area contributed by atoms with E-state index in [1.807, 2.05) is 26.0 Å². The third-order valence-electron chi connectivity index (χ3n) is 5.82. The van der Waals surface area contributed by atoms with Gasteiger partial charge in [-0.25, -0.2) is 4.79 Å². The summed E-state index contributed by atoms with van der Waals surface area (Å²) in [6, 6.07) is 6.54. The molecular weight excluding hydrogens is 372 g/mol. The zero-order valence-electron chi connectivity index (χ0n) is 17.8. The fourth-order valence-electron chi connectivity index (χ4n) is 4.19. The summed E-state index contributed by atoms with van der Waals surface area (Å²) in [5.41, 5.74) is 2.48. The molecule has 2 saturated heterocycles. The van der Waals surface area contributed by atoms with Crippen molar-refractivity contribution in [3.05, 3.63) is 29.3 Å². The average Bonchev–Trinajstić information content (AvgIpc) is 3.05. The molecule has 2 heterocycles. The summed E-state index contributed by atoms with van der Waals surface area (Å²) in [6.45, 7) is 6.52. The van der Waals surface area contributed by atoms with Crippen molar-refractivity contribution in [2.45, 2.75) is 70.4 Å². The van der Waals surface area contributed by atoms with Crippen LogP contribution in [0.4, 0.5) is 4.79 Å². The van der Waals surface area contributed by atoms with Crippen molar-refractivity contribution in [2.24, 2.45) is 0 Å². The zero-order valence-corrected chi connectivity index (χ0v) is 17.8. The van der Waals surface area contributed by atoms with Crippen LogP contribution in [0.25, 0.3) is 0 Å². The van der Waals surface area contributed by atoms with Gasteiger partial charge in [-0.2, -0.15) is 0 Å². The van der Waals surface area contributed by atoms with Crippen molar-refractivity contribution in [3.63, 3.8) is 0 Å². The Labute approximate surface area is 173 Å². The largest absolute Gasteiger partial charge is 0.496 e. The van der Waals surface area contributed by atoms with Crippen molar-refractivity contribution >= 4 is 6.09 Å². The van der Waals surface area contributed by atoms with Crippen LogP contribution in [0.3, 0.4) is 0 Å². The molecule has 0 aliphatic carbocycles. The molecule has 1 aromatic rings. The number of ether oxygens (including phenoxy) is 3. The Hall–Kier alpha value is -1.83. The molecular formula is C22H34N2O5. The van der Waals surface area contributed by atoms with E-state index in [4.69, 9.17) is 19.3 Å². The van der Waals surface area contributed by atoms with E-state index in [1.54, 1.807) is 7.11 Å². The lowest BCUT2D eigenvalue weighted by Gasteiger charge is -2.30. The van der Waals surface area contributed by atoms with E-state index in [2.05, 4.69) is 11.4 Å². The highest BCUT2D eigenvalue weighted by molar-refractivity contribution is 5.65. The standard InChI is InChI=1S/C22H34N2O5/c1-22(2)28-15-18(29-22)7-5-8-19-16(6-4-9-20(19)27-3)14-23-17-10-12-24(13-11-17)21(25)26/h4,6,9,17-18,23H,5,7-8,10-15H2,1-3H3,(H,25,26). The number of carbonyl (C=O) groups is 1. The van der Waals surface area contributed by atoms with Crippen LogP contribution in [0.1, 0.15) is 50.7 Å². The highest BCUT2D eigenvalue weighted by atomic mass is 16.7. The van der Waals surface area contributed by atoms with Gasteiger partial charge in [0.2, 0.25) is 0 Å². The summed E-state index contributed by atoms with van der Waals surface area (Å²) >= 11 is 0. The van der Waals surface area contributed by atoms with Crippen molar-refractivity contribution in [1.29, 1.82) is 0 Å². The van der Waals surface area contributed by atoms with E-state index in [1.165, 1.54) is 16.0 Å². The first-order chi connectivity index (χ1) is 13.9. The third-order valence-corrected chi connectivity index (χ3v) is 5.82. The van der Waals surface area contributed by atoms with Gasteiger partial charge in [0.1, 0.15) is 5.75 Å². The quantitative estimate of drug-likeness (QED) is 0.689. The molecule has 29 heavy (non-hydrogen) atoms. The zero-order chi connectivity index (χ0) is 20.9. The Balaban J connectivity index is 1.53. The average molecular weight is 407 g/mol. The number of likely N-dealkylation sites (tertiary alicyclic amines) is 1. The van der Waals surface area contributed by atoms with E-state index in [-0.39, 0.29) is 6.10 Å². The fraction of sp³-hybridized carbons (Fsp3) is 0.682. The second-order valence-electron chi connectivity index (χ2n) is 8.37. The van der Waals surface area contributed by atoms with Gasteiger partial charge in [0.05, 0.1) is 19.8 Å². The molecule has 1 amide bonds. The van der Waals surface area contributed by atoms with Gasteiger partial charge in [-0.15, -0.1) is 0 Å². The first kappa shape index (κ1) is 21.9. The number of methoxy groups -OCH3 is 1. The van der Waals surface area contributed by atoms with Gasteiger partial charge < -0.3 is 29.5 Å². The molecule has 2 aliphatic heterocycles. The van der Waals surface area contributed by atoms with E-state index >= 15 is 0 Å². The van der Waals surface area contributed by atoms with Crippen LogP contribution in [0, 0.1) is 0 Å². The van der Waals surface area contributed by atoms with Gasteiger partial charge in [0.25, 0.3) is 0 Å². The van der Waals surface area contributed by atoms with Crippen LogP contribution in [0.2, 0.25) is 0 Å². The number of rotatable bonds is 8. The number of nitrogens with zero attached hydrogens (tertiary/aromatic N) is 1. The van der Waals surface area contributed by atoms with Crippen molar-refractivity contribution in [1.82, 2.24) is 10.2 Å². The molecule has 7 nitrogen and oxygen atoms in total. The van der Waals surface area contributed by atoms with Crippen LogP contribution in [0.5, 0.6) is 5.75 Å². The topological polar surface area (TPSA) is 80.3 Å². The van der Waals surface area contributed by atoms with Gasteiger partial charge in [-0.05, 0) is 63.1 Å². The van der Waals surface area contributed by atoms with Crippen LogP contribution < -0.4 is 10.1 Å².